The van der Waals surface area contributed by atoms with E-state index in [1.54, 1.807) is 9.80 Å². The molecule has 0 saturated carbocycles. The molecule has 0 spiro atoms. The van der Waals surface area contributed by atoms with Gasteiger partial charge in [0.25, 0.3) is 9.84 Å². The third-order valence-electron chi connectivity index (χ3n) is 3.75. The first-order valence-electron chi connectivity index (χ1n) is 7.11. The number of sulfone groups is 1. The van der Waals surface area contributed by atoms with E-state index < -0.39 is 26.2 Å². The number of hydrogen-bond acceptors (Lipinski definition) is 6. The summed E-state index contributed by atoms with van der Waals surface area (Å²) in [5, 5.41) is 0. The summed E-state index contributed by atoms with van der Waals surface area (Å²) in [5.41, 5.74) is -5.33. The van der Waals surface area contributed by atoms with Gasteiger partial charge in [0.1, 0.15) is 0 Å². The van der Waals surface area contributed by atoms with Crippen molar-refractivity contribution in [2.75, 3.05) is 44.7 Å². The number of halogens is 3. The fraction of sp³-hybridized carbons (Fsp3) is 0.500. The summed E-state index contributed by atoms with van der Waals surface area (Å²) < 4.78 is 66.6. The number of anilines is 1. The summed E-state index contributed by atoms with van der Waals surface area (Å²) in [4.78, 5) is 13.9. The van der Waals surface area contributed by atoms with Crippen LogP contribution in [0.1, 0.15) is 0 Å². The van der Waals surface area contributed by atoms with Crippen LogP contribution in [0.3, 0.4) is 0 Å². The Morgan fingerprint density at radius 3 is 2.29 bits per heavy atom. The normalized spacial score (nSPS) is 16.9. The average molecular weight is 366 g/mol. The van der Waals surface area contributed by atoms with Crippen LogP contribution in [0, 0.1) is 0 Å². The van der Waals surface area contributed by atoms with E-state index in [1.807, 2.05) is 0 Å². The molecule has 0 radical (unpaired) electrons. The molecule has 134 valence electrons. The van der Waals surface area contributed by atoms with Crippen LogP contribution in [0.2, 0.25) is 0 Å². The van der Waals surface area contributed by atoms with Gasteiger partial charge in [0.15, 0.2) is 0 Å². The summed E-state index contributed by atoms with van der Waals surface area (Å²) in [6.45, 7) is 1.53. The first-order chi connectivity index (χ1) is 11.2. The monoisotopic (exact) mass is 366 g/mol. The summed E-state index contributed by atoms with van der Waals surface area (Å²) in [6, 6.07) is 5.06. The van der Waals surface area contributed by atoms with E-state index in [2.05, 4.69) is 4.74 Å². The molecule has 1 aliphatic heterocycles. The minimum Gasteiger partial charge on any atom is -0.468 e. The molecule has 0 aromatic heterocycles. The van der Waals surface area contributed by atoms with Gasteiger partial charge in [-0.15, -0.1) is 0 Å². The molecule has 2 rings (SSSR count). The number of hydrogen-bond donors (Lipinski definition) is 0. The van der Waals surface area contributed by atoms with E-state index in [-0.39, 0.29) is 12.2 Å². The van der Waals surface area contributed by atoms with Crippen LogP contribution in [0.4, 0.5) is 18.9 Å². The number of alkyl halides is 3. The average Bonchev–Trinajstić information content (AvgIpc) is 2.54. The van der Waals surface area contributed by atoms with Crippen molar-refractivity contribution in [2.45, 2.75) is 10.4 Å². The third kappa shape index (κ3) is 3.81. The molecule has 0 amide bonds. The number of methoxy groups -OCH3 is 1. The molecule has 0 atom stereocenters. The SMILES string of the molecule is COC(=O)CN1CCN(c2ccccc2S(=O)(=O)C(F)(F)F)CC1. The van der Waals surface area contributed by atoms with Gasteiger partial charge in [0, 0.05) is 26.2 Å². The number of carbonyl (C=O) groups excluding carboxylic acids is 1. The number of nitrogens with zero attached hydrogens (tertiary/aromatic N) is 2. The number of ether oxygens (including phenoxy) is 1. The number of esters is 1. The van der Waals surface area contributed by atoms with E-state index in [0.29, 0.717) is 26.2 Å². The van der Waals surface area contributed by atoms with Crippen molar-refractivity contribution in [2.24, 2.45) is 0 Å². The van der Waals surface area contributed by atoms with E-state index in [1.165, 1.54) is 25.3 Å². The molecule has 10 heteroatoms. The molecular formula is C14H17F3N2O4S. The molecule has 1 saturated heterocycles. The highest BCUT2D eigenvalue weighted by atomic mass is 32.2. The van der Waals surface area contributed by atoms with Crippen LogP contribution in [0.5, 0.6) is 0 Å². The molecule has 1 fully saturated rings. The van der Waals surface area contributed by atoms with Gasteiger partial charge in [-0.2, -0.15) is 13.2 Å². The van der Waals surface area contributed by atoms with E-state index in [4.69, 9.17) is 0 Å². The zero-order valence-corrected chi connectivity index (χ0v) is 13.7. The van der Waals surface area contributed by atoms with Crippen LogP contribution in [-0.2, 0) is 19.4 Å². The van der Waals surface area contributed by atoms with Gasteiger partial charge >= 0.3 is 11.5 Å². The summed E-state index contributed by atoms with van der Waals surface area (Å²) in [6.07, 6.45) is 0. The molecule has 0 unspecified atom stereocenters. The fourth-order valence-corrected chi connectivity index (χ4v) is 3.44. The number of rotatable bonds is 4. The van der Waals surface area contributed by atoms with E-state index in [0.717, 1.165) is 6.07 Å². The topological polar surface area (TPSA) is 66.9 Å². The zero-order valence-electron chi connectivity index (χ0n) is 12.9. The quantitative estimate of drug-likeness (QED) is 0.748. The second-order valence-electron chi connectivity index (χ2n) is 5.26. The highest BCUT2D eigenvalue weighted by Crippen LogP contribution is 2.36. The first-order valence-corrected chi connectivity index (χ1v) is 8.59. The largest absolute Gasteiger partial charge is 0.501 e. The van der Waals surface area contributed by atoms with Gasteiger partial charge in [-0.1, -0.05) is 12.1 Å². The van der Waals surface area contributed by atoms with Gasteiger partial charge < -0.3 is 9.64 Å². The second kappa shape index (κ2) is 6.98. The predicted octanol–water partition coefficient (Wildman–Crippen LogP) is 1.28. The Balaban J connectivity index is 2.19. The summed E-state index contributed by atoms with van der Waals surface area (Å²) >= 11 is 0. The zero-order chi connectivity index (χ0) is 18.0. The smallest absolute Gasteiger partial charge is 0.468 e. The Morgan fingerprint density at radius 2 is 1.75 bits per heavy atom. The van der Waals surface area contributed by atoms with Crippen molar-refractivity contribution in [3.05, 3.63) is 24.3 Å². The molecule has 0 bridgehead atoms. The lowest BCUT2D eigenvalue weighted by molar-refractivity contribution is -0.142. The Kier molecular flexibility index (Phi) is 5.38. The Labute approximate surface area is 137 Å². The molecule has 6 nitrogen and oxygen atoms in total. The van der Waals surface area contributed by atoms with Crippen LogP contribution in [0.15, 0.2) is 29.2 Å². The minimum atomic E-state index is -5.42. The van der Waals surface area contributed by atoms with Gasteiger partial charge in [0.2, 0.25) is 0 Å². The van der Waals surface area contributed by atoms with Gasteiger partial charge in [0.05, 0.1) is 24.2 Å². The first kappa shape index (κ1) is 18.5. The highest BCUT2D eigenvalue weighted by molar-refractivity contribution is 7.92. The minimum absolute atomic E-state index is 0.0209. The summed E-state index contributed by atoms with van der Waals surface area (Å²) in [5.74, 6) is -0.400. The van der Waals surface area contributed by atoms with E-state index >= 15 is 0 Å². The Hall–Kier alpha value is -1.81. The number of benzene rings is 1. The van der Waals surface area contributed by atoms with Crippen molar-refractivity contribution in [1.29, 1.82) is 0 Å². The molecule has 0 aliphatic carbocycles. The van der Waals surface area contributed by atoms with Crippen molar-refractivity contribution in [1.82, 2.24) is 4.90 Å². The Morgan fingerprint density at radius 1 is 1.17 bits per heavy atom. The molecule has 0 N–H and O–H groups in total. The Bertz CT molecular complexity index is 698. The maximum absolute atomic E-state index is 12.8. The molecule has 1 aromatic rings. The van der Waals surface area contributed by atoms with Crippen molar-refractivity contribution in [3.63, 3.8) is 0 Å². The number of carbonyl (C=O) groups is 1. The molecule has 24 heavy (non-hydrogen) atoms. The molecule has 1 aliphatic rings. The van der Waals surface area contributed by atoms with Gasteiger partial charge in [-0.3, -0.25) is 9.69 Å². The predicted molar refractivity (Wildman–Crippen MR) is 80.4 cm³/mol. The highest BCUT2D eigenvalue weighted by Gasteiger charge is 2.48. The lowest BCUT2D eigenvalue weighted by atomic mass is 10.2. The van der Waals surface area contributed by atoms with E-state index in [9.17, 15) is 26.4 Å². The standard InChI is InChI=1S/C14H17F3N2O4S/c1-23-13(20)10-18-6-8-19(9-7-18)11-4-2-3-5-12(11)24(21,22)14(15,16)17/h2-5H,6-10H2,1H3. The number of piperazine rings is 1. The number of para-hydroxylation sites is 1. The van der Waals surface area contributed by atoms with Crippen LogP contribution in [0.25, 0.3) is 0 Å². The lowest BCUT2D eigenvalue weighted by Gasteiger charge is -2.36. The third-order valence-corrected chi connectivity index (χ3v) is 5.29. The van der Waals surface area contributed by atoms with Crippen molar-refractivity contribution in [3.8, 4) is 0 Å². The second-order valence-corrected chi connectivity index (χ2v) is 7.17. The molecular weight excluding hydrogens is 349 g/mol. The van der Waals surface area contributed by atoms with Crippen LogP contribution < -0.4 is 4.90 Å². The maximum atomic E-state index is 12.8. The summed E-state index contributed by atoms with van der Waals surface area (Å²) in [7, 11) is -4.15. The van der Waals surface area contributed by atoms with Crippen molar-refractivity contribution < 1.29 is 31.1 Å². The lowest BCUT2D eigenvalue weighted by Crippen LogP contribution is -2.48. The molecule has 1 heterocycles. The van der Waals surface area contributed by atoms with Crippen molar-refractivity contribution >= 4 is 21.5 Å². The van der Waals surface area contributed by atoms with Gasteiger partial charge in [-0.05, 0) is 12.1 Å². The molecule has 1 aromatic carbocycles. The van der Waals surface area contributed by atoms with Gasteiger partial charge in [-0.25, -0.2) is 8.42 Å². The van der Waals surface area contributed by atoms with Crippen LogP contribution >= 0.6 is 0 Å². The van der Waals surface area contributed by atoms with Crippen LogP contribution in [-0.4, -0.2) is 64.6 Å². The maximum Gasteiger partial charge on any atom is 0.501 e. The fourth-order valence-electron chi connectivity index (χ4n) is 2.46.